The summed E-state index contributed by atoms with van der Waals surface area (Å²) in [5.74, 6) is -0.360. The number of carbonyl (C=O) groups is 1. The quantitative estimate of drug-likeness (QED) is 0.358. The molecule has 0 radical (unpaired) electrons. The summed E-state index contributed by atoms with van der Waals surface area (Å²) in [6.07, 6.45) is 1.50. The Bertz CT molecular complexity index is 453. The lowest BCUT2D eigenvalue weighted by Crippen LogP contribution is -2.23. The molecule has 0 aromatic heterocycles. The first kappa shape index (κ1) is 13.8. The van der Waals surface area contributed by atoms with Crippen molar-refractivity contribution in [2.45, 2.75) is 6.92 Å². The third-order valence-corrected chi connectivity index (χ3v) is 2.17. The van der Waals surface area contributed by atoms with Crippen LogP contribution in [0.5, 0.6) is 0 Å². The molecule has 0 unspecified atom stereocenters. The Morgan fingerprint density at radius 2 is 2.11 bits per heavy atom. The Kier molecular flexibility index (Phi) is 5.44. The number of nitrogens with two attached hydrogens (primary N) is 1. The predicted octanol–water partition coefficient (Wildman–Crippen LogP) is 1.53. The fourth-order valence-electron chi connectivity index (χ4n) is 1.26. The molecular formula is C13H17N3O2. The van der Waals surface area contributed by atoms with E-state index in [1.165, 1.54) is 13.2 Å². The molecule has 0 aliphatic carbocycles. The van der Waals surface area contributed by atoms with E-state index >= 15 is 0 Å². The minimum Gasteiger partial charge on any atom is -0.462 e. The molecule has 1 aromatic rings. The van der Waals surface area contributed by atoms with Gasteiger partial charge in [0.2, 0.25) is 0 Å². The summed E-state index contributed by atoms with van der Waals surface area (Å²) in [6.45, 7) is 2.03. The molecule has 18 heavy (non-hydrogen) atoms. The van der Waals surface area contributed by atoms with Gasteiger partial charge in [-0.05, 0) is 19.1 Å². The van der Waals surface area contributed by atoms with Crippen molar-refractivity contribution in [2.75, 3.05) is 19.0 Å². The molecule has 0 spiro atoms. The summed E-state index contributed by atoms with van der Waals surface area (Å²) in [4.78, 5) is 15.5. The standard InChI is InChI=1S/C13H17N3O2/c1-3-18-13(17)11(12(14)15-2)9-16-10-7-5-4-6-8-10/h4-9,16H,3H2,1-2H3,(H2,14,15)/b11-9+. The van der Waals surface area contributed by atoms with E-state index in [2.05, 4.69) is 10.3 Å². The Morgan fingerprint density at radius 3 is 2.67 bits per heavy atom. The van der Waals surface area contributed by atoms with Gasteiger partial charge in [-0.15, -0.1) is 0 Å². The van der Waals surface area contributed by atoms with Gasteiger partial charge in [-0.3, -0.25) is 4.99 Å². The van der Waals surface area contributed by atoms with Crippen LogP contribution in [0.25, 0.3) is 0 Å². The van der Waals surface area contributed by atoms with Gasteiger partial charge in [-0.1, -0.05) is 18.2 Å². The number of rotatable bonds is 5. The van der Waals surface area contributed by atoms with E-state index in [0.29, 0.717) is 6.61 Å². The average Bonchev–Trinajstić information content (AvgIpc) is 2.40. The fourth-order valence-corrected chi connectivity index (χ4v) is 1.26. The second kappa shape index (κ2) is 7.11. The van der Waals surface area contributed by atoms with E-state index < -0.39 is 5.97 Å². The van der Waals surface area contributed by atoms with Crippen LogP contribution < -0.4 is 11.1 Å². The van der Waals surface area contributed by atoms with Crippen molar-refractivity contribution in [3.63, 3.8) is 0 Å². The number of amidine groups is 1. The summed E-state index contributed by atoms with van der Waals surface area (Å²) < 4.78 is 4.91. The number of anilines is 1. The van der Waals surface area contributed by atoms with Crippen LogP contribution in [0.15, 0.2) is 47.1 Å². The van der Waals surface area contributed by atoms with E-state index in [1.807, 2.05) is 30.3 Å². The van der Waals surface area contributed by atoms with Crippen molar-refractivity contribution < 1.29 is 9.53 Å². The molecule has 0 atom stereocenters. The van der Waals surface area contributed by atoms with E-state index in [-0.39, 0.29) is 11.4 Å². The molecule has 0 amide bonds. The van der Waals surface area contributed by atoms with Gasteiger partial charge in [-0.25, -0.2) is 4.79 Å². The van der Waals surface area contributed by atoms with Crippen LogP contribution in [0.3, 0.4) is 0 Å². The lowest BCUT2D eigenvalue weighted by Gasteiger charge is -2.07. The Labute approximate surface area is 106 Å². The van der Waals surface area contributed by atoms with Gasteiger partial charge >= 0.3 is 5.97 Å². The average molecular weight is 247 g/mol. The zero-order chi connectivity index (χ0) is 13.4. The Morgan fingerprint density at radius 1 is 1.44 bits per heavy atom. The zero-order valence-corrected chi connectivity index (χ0v) is 10.5. The summed E-state index contributed by atoms with van der Waals surface area (Å²) in [6, 6.07) is 9.43. The number of carbonyl (C=O) groups excluding carboxylic acids is 1. The largest absolute Gasteiger partial charge is 0.462 e. The first-order valence-electron chi connectivity index (χ1n) is 5.60. The highest BCUT2D eigenvalue weighted by molar-refractivity contribution is 6.18. The normalized spacial score (nSPS) is 12.1. The van der Waals surface area contributed by atoms with Crippen molar-refractivity contribution >= 4 is 17.5 Å². The smallest absolute Gasteiger partial charge is 0.343 e. The van der Waals surface area contributed by atoms with Crippen LogP contribution in [0.2, 0.25) is 0 Å². The highest BCUT2D eigenvalue weighted by Crippen LogP contribution is 2.07. The summed E-state index contributed by atoms with van der Waals surface area (Å²) in [5.41, 5.74) is 6.71. The topological polar surface area (TPSA) is 76.7 Å². The van der Waals surface area contributed by atoms with Gasteiger partial charge in [0.15, 0.2) is 0 Å². The van der Waals surface area contributed by atoms with Crippen molar-refractivity contribution in [2.24, 2.45) is 10.7 Å². The molecule has 0 fully saturated rings. The van der Waals surface area contributed by atoms with Crippen LogP contribution in [0.4, 0.5) is 5.69 Å². The summed E-state index contributed by atoms with van der Waals surface area (Å²) in [5, 5.41) is 2.98. The second-order valence-electron chi connectivity index (χ2n) is 3.40. The molecule has 0 bridgehead atoms. The Hall–Kier alpha value is -2.30. The number of esters is 1. The van der Waals surface area contributed by atoms with Crippen LogP contribution in [0, 0.1) is 0 Å². The Balaban J connectivity index is 2.86. The number of hydrogen-bond donors (Lipinski definition) is 2. The minimum atomic E-state index is -0.496. The number of ether oxygens (including phenoxy) is 1. The number of nitrogens with zero attached hydrogens (tertiary/aromatic N) is 1. The van der Waals surface area contributed by atoms with Crippen LogP contribution in [-0.4, -0.2) is 25.5 Å². The maximum Gasteiger partial charge on any atom is 0.343 e. The van der Waals surface area contributed by atoms with Gasteiger partial charge in [0, 0.05) is 18.9 Å². The molecule has 0 saturated heterocycles. The maximum absolute atomic E-state index is 11.7. The summed E-state index contributed by atoms with van der Waals surface area (Å²) in [7, 11) is 1.52. The van der Waals surface area contributed by atoms with E-state index in [4.69, 9.17) is 10.5 Å². The molecule has 0 aliphatic heterocycles. The van der Waals surface area contributed by atoms with Crippen molar-refractivity contribution in [1.29, 1.82) is 0 Å². The summed E-state index contributed by atoms with van der Waals surface area (Å²) >= 11 is 0. The molecule has 5 heteroatoms. The molecule has 0 heterocycles. The fraction of sp³-hybridized carbons (Fsp3) is 0.231. The van der Waals surface area contributed by atoms with Gasteiger partial charge in [-0.2, -0.15) is 0 Å². The molecule has 1 rings (SSSR count). The van der Waals surface area contributed by atoms with Crippen molar-refractivity contribution in [3.8, 4) is 0 Å². The number of aliphatic imine (C=N–C) groups is 1. The van der Waals surface area contributed by atoms with Crippen molar-refractivity contribution in [1.82, 2.24) is 0 Å². The van der Waals surface area contributed by atoms with Crippen LogP contribution >= 0.6 is 0 Å². The molecule has 0 saturated carbocycles. The third kappa shape index (κ3) is 3.93. The maximum atomic E-state index is 11.7. The lowest BCUT2D eigenvalue weighted by atomic mass is 10.2. The first-order valence-corrected chi connectivity index (χ1v) is 5.60. The number of benzene rings is 1. The molecule has 96 valence electrons. The van der Waals surface area contributed by atoms with Crippen molar-refractivity contribution in [3.05, 3.63) is 42.1 Å². The van der Waals surface area contributed by atoms with Gasteiger partial charge in [0.1, 0.15) is 11.4 Å². The van der Waals surface area contributed by atoms with E-state index in [1.54, 1.807) is 6.92 Å². The van der Waals surface area contributed by atoms with Gasteiger partial charge in [0.05, 0.1) is 6.61 Å². The first-order chi connectivity index (χ1) is 8.69. The molecule has 3 N–H and O–H groups in total. The van der Waals surface area contributed by atoms with E-state index in [0.717, 1.165) is 5.69 Å². The molecule has 1 aromatic carbocycles. The zero-order valence-electron chi connectivity index (χ0n) is 10.5. The molecular weight excluding hydrogens is 230 g/mol. The SMILES string of the molecule is CCOC(=O)/C(=C/Nc1ccccc1)C(N)=NC. The molecule has 5 nitrogen and oxygen atoms in total. The highest BCUT2D eigenvalue weighted by atomic mass is 16.5. The third-order valence-electron chi connectivity index (χ3n) is 2.17. The number of para-hydroxylation sites is 1. The number of nitrogens with one attached hydrogen (secondary N) is 1. The van der Waals surface area contributed by atoms with Gasteiger partial charge < -0.3 is 15.8 Å². The monoisotopic (exact) mass is 247 g/mol. The lowest BCUT2D eigenvalue weighted by molar-refractivity contribution is -0.137. The predicted molar refractivity (Wildman–Crippen MR) is 72.3 cm³/mol. The van der Waals surface area contributed by atoms with Crippen LogP contribution in [0.1, 0.15) is 6.92 Å². The number of hydrogen-bond acceptors (Lipinski definition) is 4. The highest BCUT2D eigenvalue weighted by Gasteiger charge is 2.14. The molecule has 0 aliphatic rings. The van der Waals surface area contributed by atoms with E-state index in [9.17, 15) is 4.79 Å². The minimum absolute atomic E-state index is 0.136. The second-order valence-corrected chi connectivity index (χ2v) is 3.40. The van der Waals surface area contributed by atoms with Crippen LogP contribution in [-0.2, 0) is 9.53 Å². The van der Waals surface area contributed by atoms with Gasteiger partial charge in [0.25, 0.3) is 0 Å².